The van der Waals surface area contributed by atoms with Crippen molar-refractivity contribution in [2.45, 2.75) is 31.6 Å². The van der Waals surface area contributed by atoms with E-state index in [0.717, 1.165) is 25.7 Å². The summed E-state index contributed by atoms with van der Waals surface area (Å²) in [6.07, 6.45) is 4.57. The molecule has 0 unspecified atom stereocenters. The van der Waals surface area contributed by atoms with Gasteiger partial charge in [-0.25, -0.2) is 10.8 Å². The molecule has 1 saturated carbocycles. The number of hydrazine groups is 1. The average Bonchev–Trinajstić information content (AvgIpc) is 2.39. The third-order valence-corrected chi connectivity index (χ3v) is 3.47. The maximum absolute atomic E-state index is 13.5. The van der Waals surface area contributed by atoms with Gasteiger partial charge in [-0.3, -0.25) is 10.2 Å². The fraction of sp³-hybridized carbons (Fsp3) is 0.500. The first-order chi connectivity index (χ1) is 8.22. The van der Waals surface area contributed by atoms with Gasteiger partial charge in [0.2, 0.25) is 11.9 Å². The Morgan fingerprint density at radius 1 is 1.41 bits per heavy atom. The van der Waals surface area contributed by atoms with Crippen LogP contribution in [0, 0.1) is 11.9 Å². The van der Waals surface area contributed by atoms with E-state index < -0.39 is 0 Å². The Balaban J connectivity index is 2.00. The molecule has 17 heavy (non-hydrogen) atoms. The van der Waals surface area contributed by atoms with Crippen molar-refractivity contribution in [2.75, 3.05) is 0 Å². The molecule has 0 spiro atoms. The number of hydrogen-bond donors (Lipinski definition) is 2. The van der Waals surface area contributed by atoms with E-state index in [-0.39, 0.29) is 23.7 Å². The van der Waals surface area contributed by atoms with E-state index in [1.165, 1.54) is 6.20 Å². The quantitative estimate of drug-likeness (QED) is 0.354. The molecule has 1 aromatic heterocycles. The summed E-state index contributed by atoms with van der Waals surface area (Å²) >= 11 is 0. The van der Waals surface area contributed by atoms with Gasteiger partial charge in [0, 0.05) is 17.7 Å². The molecule has 92 valence electrons. The standard InChI is InChI=1S/C12H16FN3O/c13-11-10(2-1-7-15-11)8-3-5-9(6-4-8)12(17)16-14/h1-2,7-9H,3-6,14H2,(H,16,17). The zero-order valence-corrected chi connectivity index (χ0v) is 9.53. The molecule has 4 nitrogen and oxygen atoms in total. The summed E-state index contributed by atoms with van der Waals surface area (Å²) < 4.78 is 13.5. The largest absolute Gasteiger partial charge is 0.294 e. The SMILES string of the molecule is NNC(=O)C1CCC(c2cccnc2F)CC1. The molecule has 1 heterocycles. The Kier molecular flexibility index (Phi) is 3.68. The number of rotatable bonds is 2. The van der Waals surface area contributed by atoms with Gasteiger partial charge < -0.3 is 0 Å². The van der Waals surface area contributed by atoms with Gasteiger partial charge in [0.25, 0.3) is 0 Å². The first kappa shape index (κ1) is 12.0. The Labute approximate surface area is 99.4 Å². The van der Waals surface area contributed by atoms with Crippen molar-refractivity contribution in [3.63, 3.8) is 0 Å². The van der Waals surface area contributed by atoms with Crippen LogP contribution in [0.25, 0.3) is 0 Å². The second kappa shape index (κ2) is 5.23. The molecule has 1 aliphatic carbocycles. The van der Waals surface area contributed by atoms with E-state index in [1.807, 2.05) is 0 Å². The van der Waals surface area contributed by atoms with Crippen LogP contribution in [0.15, 0.2) is 18.3 Å². The fourth-order valence-corrected chi connectivity index (χ4v) is 2.49. The summed E-state index contributed by atoms with van der Waals surface area (Å²) in [6, 6.07) is 3.52. The molecule has 1 fully saturated rings. The number of nitrogens with zero attached hydrogens (tertiary/aromatic N) is 1. The van der Waals surface area contributed by atoms with Crippen molar-refractivity contribution in [2.24, 2.45) is 11.8 Å². The summed E-state index contributed by atoms with van der Waals surface area (Å²) in [6.45, 7) is 0. The minimum absolute atomic E-state index is 0.0315. The molecule has 0 saturated heterocycles. The van der Waals surface area contributed by atoms with Gasteiger partial charge in [-0.05, 0) is 37.7 Å². The number of amides is 1. The lowest BCUT2D eigenvalue weighted by atomic mass is 9.79. The molecule has 2 rings (SSSR count). The lowest BCUT2D eigenvalue weighted by molar-refractivity contribution is -0.126. The highest BCUT2D eigenvalue weighted by Crippen LogP contribution is 2.36. The number of carbonyl (C=O) groups is 1. The number of carbonyl (C=O) groups excluding carboxylic acids is 1. The van der Waals surface area contributed by atoms with E-state index in [4.69, 9.17) is 5.84 Å². The van der Waals surface area contributed by atoms with Gasteiger partial charge in [-0.1, -0.05) is 6.07 Å². The van der Waals surface area contributed by atoms with Crippen LogP contribution < -0.4 is 11.3 Å². The summed E-state index contributed by atoms with van der Waals surface area (Å²) in [7, 11) is 0. The number of halogens is 1. The molecule has 0 atom stereocenters. The number of pyridine rings is 1. The number of hydrogen-bond acceptors (Lipinski definition) is 3. The Morgan fingerprint density at radius 2 is 2.12 bits per heavy atom. The number of nitrogens with two attached hydrogens (primary N) is 1. The van der Waals surface area contributed by atoms with Crippen molar-refractivity contribution in [1.82, 2.24) is 10.4 Å². The smallest absolute Gasteiger partial charge is 0.236 e. The zero-order chi connectivity index (χ0) is 12.3. The molecule has 0 bridgehead atoms. The molecule has 1 amide bonds. The molecular formula is C12H16FN3O. The predicted octanol–water partition coefficient (Wildman–Crippen LogP) is 1.48. The number of nitrogens with one attached hydrogen (secondary N) is 1. The highest BCUT2D eigenvalue weighted by atomic mass is 19.1. The van der Waals surface area contributed by atoms with Gasteiger partial charge in [0.05, 0.1) is 0 Å². The molecule has 5 heteroatoms. The van der Waals surface area contributed by atoms with Crippen molar-refractivity contribution in [1.29, 1.82) is 0 Å². The molecule has 1 aliphatic rings. The van der Waals surface area contributed by atoms with Gasteiger partial charge in [-0.15, -0.1) is 0 Å². The Morgan fingerprint density at radius 3 is 2.71 bits per heavy atom. The predicted molar refractivity (Wildman–Crippen MR) is 61.2 cm³/mol. The maximum Gasteiger partial charge on any atom is 0.236 e. The zero-order valence-electron chi connectivity index (χ0n) is 9.53. The van der Waals surface area contributed by atoms with Crippen LogP contribution in [0.2, 0.25) is 0 Å². The third-order valence-electron chi connectivity index (χ3n) is 3.47. The van der Waals surface area contributed by atoms with Crippen molar-refractivity contribution in [3.05, 3.63) is 29.8 Å². The normalized spacial score (nSPS) is 24.4. The summed E-state index contributed by atoms with van der Waals surface area (Å²) in [5.74, 6) is 4.74. The van der Waals surface area contributed by atoms with E-state index in [9.17, 15) is 9.18 Å². The second-order valence-electron chi connectivity index (χ2n) is 4.44. The van der Waals surface area contributed by atoms with Crippen LogP contribution in [-0.4, -0.2) is 10.9 Å². The Hall–Kier alpha value is -1.49. The van der Waals surface area contributed by atoms with Crippen LogP contribution in [0.4, 0.5) is 4.39 Å². The summed E-state index contributed by atoms with van der Waals surface area (Å²) in [4.78, 5) is 15.0. The third kappa shape index (κ3) is 2.61. The average molecular weight is 237 g/mol. The van der Waals surface area contributed by atoms with E-state index in [1.54, 1.807) is 12.1 Å². The maximum atomic E-state index is 13.5. The second-order valence-corrected chi connectivity index (χ2v) is 4.44. The van der Waals surface area contributed by atoms with E-state index in [0.29, 0.717) is 5.56 Å². The van der Waals surface area contributed by atoms with Gasteiger partial charge in [-0.2, -0.15) is 4.39 Å². The van der Waals surface area contributed by atoms with Crippen LogP contribution >= 0.6 is 0 Å². The summed E-state index contributed by atoms with van der Waals surface area (Å²) in [5, 5.41) is 0. The van der Waals surface area contributed by atoms with E-state index >= 15 is 0 Å². The first-order valence-electron chi connectivity index (χ1n) is 5.83. The first-order valence-corrected chi connectivity index (χ1v) is 5.83. The topological polar surface area (TPSA) is 68.0 Å². The minimum atomic E-state index is -0.390. The van der Waals surface area contributed by atoms with Gasteiger partial charge >= 0.3 is 0 Å². The van der Waals surface area contributed by atoms with Crippen molar-refractivity contribution >= 4 is 5.91 Å². The monoisotopic (exact) mass is 237 g/mol. The van der Waals surface area contributed by atoms with Crippen LogP contribution in [0.5, 0.6) is 0 Å². The van der Waals surface area contributed by atoms with Gasteiger partial charge in [0.15, 0.2) is 0 Å². The van der Waals surface area contributed by atoms with Crippen molar-refractivity contribution in [3.8, 4) is 0 Å². The lowest BCUT2D eigenvalue weighted by Gasteiger charge is -2.27. The van der Waals surface area contributed by atoms with Crippen LogP contribution in [0.1, 0.15) is 37.2 Å². The molecular weight excluding hydrogens is 221 g/mol. The van der Waals surface area contributed by atoms with Crippen LogP contribution in [-0.2, 0) is 4.79 Å². The molecule has 3 N–H and O–H groups in total. The lowest BCUT2D eigenvalue weighted by Crippen LogP contribution is -2.37. The van der Waals surface area contributed by atoms with E-state index in [2.05, 4.69) is 10.4 Å². The molecule has 1 aromatic rings. The molecule has 0 aromatic carbocycles. The fourth-order valence-electron chi connectivity index (χ4n) is 2.49. The minimum Gasteiger partial charge on any atom is -0.294 e. The Bertz CT molecular complexity index is 402. The van der Waals surface area contributed by atoms with Gasteiger partial charge in [0.1, 0.15) is 0 Å². The highest BCUT2D eigenvalue weighted by molar-refractivity contribution is 5.78. The molecule has 0 aliphatic heterocycles. The van der Waals surface area contributed by atoms with Crippen LogP contribution in [0.3, 0.4) is 0 Å². The highest BCUT2D eigenvalue weighted by Gasteiger charge is 2.28. The molecule has 0 radical (unpaired) electrons. The summed E-state index contributed by atoms with van der Waals surface area (Å²) in [5.41, 5.74) is 2.84. The van der Waals surface area contributed by atoms with Crippen molar-refractivity contribution < 1.29 is 9.18 Å². The number of aromatic nitrogens is 1.